The lowest BCUT2D eigenvalue weighted by Gasteiger charge is -2.27. The predicted molar refractivity (Wildman–Crippen MR) is 40.1 cm³/mol. The second-order valence-electron chi connectivity index (χ2n) is 4.13. The van der Waals surface area contributed by atoms with E-state index in [0.29, 0.717) is 0 Å². The normalized spacial score (nSPS) is 14.5. The number of hydrogen-bond acceptors (Lipinski definition) is 1. The van der Waals surface area contributed by atoms with Gasteiger partial charge in [0.25, 0.3) is 0 Å². The SMILES string of the molecule is CC(C)(C)C(=O)C(C(F)(F)F)C(F)(F)F. The van der Waals surface area contributed by atoms with Crippen molar-refractivity contribution >= 4 is 5.78 Å². The van der Waals surface area contributed by atoms with Crippen molar-refractivity contribution in [3.63, 3.8) is 0 Å². The average Bonchev–Trinajstić information content (AvgIpc) is 1.76. The summed E-state index contributed by atoms with van der Waals surface area (Å²) in [6.45, 7) is 3.04. The first-order valence-electron chi connectivity index (χ1n) is 3.95. The van der Waals surface area contributed by atoms with E-state index >= 15 is 0 Å². The van der Waals surface area contributed by atoms with E-state index in [9.17, 15) is 31.1 Å². The van der Waals surface area contributed by atoms with Crippen LogP contribution in [-0.4, -0.2) is 18.1 Å². The molecule has 0 radical (unpaired) electrons. The Morgan fingerprint density at radius 1 is 0.867 bits per heavy atom. The van der Waals surface area contributed by atoms with Gasteiger partial charge in [-0.2, -0.15) is 26.3 Å². The molecule has 0 unspecified atom stereocenters. The number of Topliss-reactive ketones (excluding diaryl/α,β-unsaturated/α-hetero) is 1. The molecule has 0 aromatic heterocycles. The van der Waals surface area contributed by atoms with E-state index in [2.05, 4.69) is 0 Å². The number of rotatable bonds is 1. The summed E-state index contributed by atoms with van der Waals surface area (Å²) in [7, 11) is 0. The van der Waals surface area contributed by atoms with Gasteiger partial charge in [0, 0.05) is 5.41 Å². The van der Waals surface area contributed by atoms with Gasteiger partial charge in [-0.1, -0.05) is 20.8 Å². The lowest BCUT2D eigenvalue weighted by atomic mass is 9.82. The van der Waals surface area contributed by atoms with E-state index in [1.807, 2.05) is 0 Å². The van der Waals surface area contributed by atoms with Gasteiger partial charge < -0.3 is 0 Å². The highest BCUT2D eigenvalue weighted by Gasteiger charge is 2.62. The molecule has 0 aromatic rings. The summed E-state index contributed by atoms with van der Waals surface area (Å²) < 4.78 is 72.3. The first-order chi connectivity index (χ1) is 6.28. The highest BCUT2D eigenvalue weighted by molar-refractivity contribution is 5.87. The Morgan fingerprint density at radius 3 is 1.20 bits per heavy atom. The van der Waals surface area contributed by atoms with E-state index in [0.717, 1.165) is 20.8 Å². The topological polar surface area (TPSA) is 17.1 Å². The van der Waals surface area contributed by atoms with Crippen LogP contribution in [0.4, 0.5) is 26.3 Å². The molecule has 0 aromatic carbocycles. The molecule has 0 heterocycles. The van der Waals surface area contributed by atoms with Crippen molar-refractivity contribution in [3.8, 4) is 0 Å². The Morgan fingerprint density at radius 2 is 1.13 bits per heavy atom. The molecule has 1 nitrogen and oxygen atoms in total. The number of ketones is 1. The van der Waals surface area contributed by atoms with E-state index < -0.39 is 29.5 Å². The third-order valence-electron chi connectivity index (χ3n) is 1.66. The summed E-state index contributed by atoms with van der Waals surface area (Å²) in [5, 5.41) is 0. The van der Waals surface area contributed by atoms with Gasteiger partial charge in [-0.25, -0.2) is 0 Å². The quantitative estimate of drug-likeness (QED) is 0.638. The second kappa shape index (κ2) is 3.68. The molecule has 0 rings (SSSR count). The number of hydrogen-bond donors (Lipinski definition) is 0. The van der Waals surface area contributed by atoms with Crippen LogP contribution in [0.1, 0.15) is 20.8 Å². The maximum atomic E-state index is 12.1. The average molecular weight is 236 g/mol. The first-order valence-corrected chi connectivity index (χ1v) is 3.95. The molecule has 7 heteroatoms. The second-order valence-corrected chi connectivity index (χ2v) is 4.13. The minimum absolute atomic E-state index is 1.01. The van der Waals surface area contributed by atoms with Crippen molar-refractivity contribution < 1.29 is 31.1 Å². The lowest BCUT2D eigenvalue weighted by Crippen LogP contribution is -2.46. The van der Waals surface area contributed by atoms with Gasteiger partial charge in [0.2, 0.25) is 5.92 Å². The molecule has 0 bridgehead atoms. The summed E-state index contributed by atoms with van der Waals surface area (Å²) in [5.74, 6) is -5.77. The Hall–Kier alpha value is -0.750. The van der Waals surface area contributed by atoms with Crippen LogP contribution >= 0.6 is 0 Å². The van der Waals surface area contributed by atoms with Crippen molar-refractivity contribution in [1.29, 1.82) is 0 Å². The van der Waals surface area contributed by atoms with Gasteiger partial charge in [-0.05, 0) is 0 Å². The molecule has 0 aliphatic carbocycles. The van der Waals surface area contributed by atoms with Crippen molar-refractivity contribution in [1.82, 2.24) is 0 Å². The van der Waals surface area contributed by atoms with E-state index in [1.54, 1.807) is 0 Å². The van der Waals surface area contributed by atoms with Crippen LogP contribution < -0.4 is 0 Å². The first kappa shape index (κ1) is 14.2. The molecule has 0 saturated heterocycles. The van der Waals surface area contributed by atoms with E-state index in [1.165, 1.54) is 0 Å². The molecule has 0 spiro atoms. The van der Waals surface area contributed by atoms with Gasteiger partial charge in [0.1, 0.15) is 0 Å². The molecular formula is C8H10F6O. The van der Waals surface area contributed by atoms with Crippen LogP contribution in [0.3, 0.4) is 0 Å². The van der Waals surface area contributed by atoms with E-state index in [4.69, 9.17) is 0 Å². The Kier molecular flexibility index (Phi) is 3.49. The summed E-state index contributed by atoms with van der Waals surface area (Å²) in [6.07, 6.45) is -11.2. The van der Waals surface area contributed by atoms with Crippen LogP contribution in [0.25, 0.3) is 0 Å². The van der Waals surface area contributed by atoms with Gasteiger partial charge in [0.05, 0.1) is 0 Å². The largest absolute Gasteiger partial charge is 0.407 e. The molecular weight excluding hydrogens is 226 g/mol. The van der Waals surface area contributed by atoms with Crippen molar-refractivity contribution in [2.75, 3.05) is 0 Å². The minimum Gasteiger partial charge on any atom is -0.298 e. The maximum absolute atomic E-state index is 12.1. The fraction of sp³-hybridized carbons (Fsp3) is 0.875. The Bertz CT molecular complexity index is 229. The Balaban J connectivity index is 5.26. The van der Waals surface area contributed by atoms with Gasteiger partial charge in [0.15, 0.2) is 5.78 Å². The monoisotopic (exact) mass is 236 g/mol. The zero-order valence-corrected chi connectivity index (χ0v) is 8.25. The molecule has 0 N–H and O–H groups in total. The summed E-state index contributed by atoms with van der Waals surface area (Å²) in [6, 6.07) is 0. The molecule has 0 aliphatic heterocycles. The summed E-state index contributed by atoms with van der Waals surface area (Å²) >= 11 is 0. The molecule has 0 amide bonds. The fourth-order valence-electron chi connectivity index (χ4n) is 0.916. The summed E-state index contributed by atoms with van der Waals surface area (Å²) in [5.41, 5.74) is -1.68. The molecule has 15 heavy (non-hydrogen) atoms. The third-order valence-corrected chi connectivity index (χ3v) is 1.66. The molecule has 0 atom stereocenters. The van der Waals surface area contributed by atoms with Gasteiger partial charge in [-0.3, -0.25) is 4.79 Å². The van der Waals surface area contributed by atoms with Crippen molar-refractivity contribution in [2.24, 2.45) is 11.3 Å². The van der Waals surface area contributed by atoms with Crippen LogP contribution in [0.15, 0.2) is 0 Å². The van der Waals surface area contributed by atoms with Crippen LogP contribution in [-0.2, 0) is 4.79 Å². The third kappa shape index (κ3) is 3.71. The molecule has 0 saturated carbocycles. The highest BCUT2D eigenvalue weighted by atomic mass is 19.4. The number of carbonyl (C=O) groups excluding carboxylic acids is 1. The van der Waals surface area contributed by atoms with Crippen LogP contribution in [0, 0.1) is 11.3 Å². The van der Waals surface area contributed by atoms with Crippen molar-refractivity contribution in [3.05, 3.63) is 0 Å². The maximum Gasteiger partial charge on any atom is 0.407 e. The van der Waals surface area contributed by atoms with Gasteiger partial charge >= 0.3 is 12.4 Å². The molecule has 0 aliphatic rings. The van der Waals surface area contributed by atoms with Gasteiger partial charge in [-0.15, -0.1) is 0 Å². The van der Waals surface area contributed by atoms with E-state index in [-0.39, 0.29) is 0 Å². The van der Waals surface area contributed by atoms with Crippen LogP contribution in [0.5, 0.6) is 0 Å². The summed E-state index contributed by atoms with van der Waals surface area (Å²) in [4.78, 5) is 11.0. The zero-order chi connectivity index (χ0) is 12.7. The Labute approximate surface area is 82.4 Å². The molecule has 90 valence electrons. The fourth-order valence-corrected chi connectivity index (χ4v) is 0.916. The minimum atomic E-state index is -5.59. The highest BCUT2D eigenvalue weighted by Crippen LogP contribution is 2.43. The van der Waals surface area contributed by atoms with Crippen molar-refractivity contribution in [2.45, 2.75) is 33.1 Å². The number of carbonyl (C=O) groups is 1. The zero-order valence-electron chi connectivity index (χ0n) is 8.25. The van der Waals surface area contributed by atoms with Crippen LogP contribution in [0.2, 0.25) is 0 Å². The molecule has 0 fully saturated rings. The smallest absolute Gasteiger partial charge is 0.298 e. The standard InChI is InChI=1S/C8H10F6O/c1-6(2,3)5(15)4(7(9,10)11)8(12,13)14/h4H,1-3H3. The lowest BCUT2D eigenvalue weighted by molar-refractivity contribution is -0.276. The number of halogens is 6. The predicted octanol–water partition coefficient (Wildman–Crippen LogP) is 3.34. The number of alkyl halides is 6.